The van der Waals surface area contributed by atoms with Crippen LogP contribution in [0.1, 0.15) is 13.3 Å². The van der Waals surface area contributed by atoms with E-state index in [1.165, 1.54) is 14.0 Å². The molecule has 0 aliphatic carbocycles. The highest BCUT2D eigenvalue weighted by Gasteiger charge is 2.13. The molecule has 0 saturated heterocycles. The van der Waals surface area contributed by atoms with E-state index in [9.17, 15) is 13.2 Å². The van der Waals surface area contributed by atoms with Gasteiger partial charge in [0.15, 0.2) is 0 Å². The molecule has 0 aliphatic rings. The number of aliphatic hydroxyl groups is 1. The van der Waals surface area contributed by atoms with Crippen molar-refractivity contribution < 1.29 is 23.1 Å². The molecule has 0 saturated carbocycles. The Balaban J connectivity index is 3.90. The van der Waals surface area contributed by atoms with Gasteiger partial charge in [-0.05, 0) is 6.92 Å². The number of carbonyl (C=O) groups is 1. The zero-order valence-electron chi connectivity index (χ0n) is 8.19. The Morgan fingerprint density at radius 2 is 2.14 bits per heavy atom. The van der Waals surface area contributed by atoms with Crippen LogP contribution in [0.4, 0.5) is 0 Å². The van der Waals surface area contributed by atoms with Crippen LogP contribution in [0.25, 0.3) is 0 Å². The van der Waals surface area contributed by atoms with E-state index >= 15 is 0 Å². The van der Waals surface area contributed by atoms with Gasteiger partial charge in [0.1, 0.15) is 0 Å². The zero-order valence-corrected chi connectivity index (χ0v) is 9.00. The van der Waals surface area contributed by atoms with Crippen LogP contribution in [0, 0.1) is 0 Å². The molecule has 0 aromatic carbocycles. The molecule has 0 aromatic heterocycles. The second kappa shape index (κ2) is 5.94. The van der Waals surface area contributed by atoms with Crippen LogP contribution >= 0.6 is 0 Å². The lowest BCUT2D eigenvalue weighted by molar-refractivity contribution is -0.140. The fourth-order valence-corrected chi connectivity index (χ4v) is 1.71. The lowest BCUT2D eigenvalue weighted by atomic mass is 10.4. The van der Waals surface area contributed by atoms with E-state index in [2.05, 4.69) is 9.46 Å². The van der Waals surface area contributed by atoms with Crippen LogP contribution in [0.5, 0.6) is 0 Å². The van der Waals surface area contributed by atoms with Crippen molar-refractivity contribution in [3.05, 3.63) is 0 Å². The summed E-state index contributed by atoms with van der Waals surface area (Å²) in [7, 11) is -2.30. The first-order valence-electron chi connectivity index (χ1n) is 4.09. The molecule has 0 amide bonds. The number of ether oxygens (including phenoxy) is 1. The van der Waals surface area contributed by atoms with Crippen molar-refractivity contribution in [1.29, 1.82) is 0 Å². The van der Waals surface area contributed by atoms with Crippen molar-refractivity contribution in [1.82, 2.24) is 4.72 Å². The van der Waals surface area contributed by atoms with Gasteiger partial charge in [0, 0.05) is 6.54 Å². The maximum atomic E-state index is 11.1. The maximum absolute atomic E-state index is 11.1. The summed E-state index contributed by atoms with van der Waals surface area (Å²) >= 11 is 0. The standard InChI is InChI=1S/C7H15NO5S/c1-6(9)5-8-14(11,12)4-3-7(10)13-2/h6,8-9H,3-5H2,1-2H3/t6-/m1/s1. The first kappa shape index (κ1) is 13.3. The molecule has 84 valence electrons. The highest BCUT2D eigenvalue weighted by molar-refractivity contribution is 7.89. The highest BCUT2D eigenvalue weighted by atomic mass is 32.2. The third-order valence-corrected chi connectivity index (χ3v) is 2.75. The number of esters is 1. The van der Waals surface area contributed by atoms with Gasteiger partial charge in [-0.25, -0.2) is 13.1 Å². The first-order chi connectivity index (χ1) is 6.37. The zero-order chi connectivity index (χ0) is 11.2. The van der Waals surface area contributed by atoms with Crippen LogP contribution in [0.2, 0.25) is 0 Å². The number of hydrogen-bond donors (Lipinski definition) is 2. The van der Waals surface area contributed by atoms with Crippen molar-refractivity contribution in [3.8, 4) is 0 Å². The third-order valence-electron chi connectivity index (χ3n) is 1.40. The topological polar surface area (TPSA) is 92.7 Å². The molecule has 6 nitrogen and oxygen atoms in total. The fraction of sp³-hybridized carbons (Fsp3) is 0.857. The van der Waals surface area contributed by atoms with Crippen LogP contribution < -0.4 is 4.72 Å². The molecule has 0 unspecified atom stereocenters. The second-order valence-electron chi connectivity index (χ2n) is 2.84. The summed E-state index contributed by atoms with van der Waals surface area (Å²) in [5.74, 6) is -0.903. The van der Waals surface area contributed by atoms with Crippen molar-refractivity contribution in [2.45, 2.75) is 19.4 Å². The molecule has 0 aliphatic heterocycles. The molecule has 0 rings (SSSR count). The van der Waals surface area contributed by atoms with Gasteiger partial charge in [0.2, 0.25) is 10.0 Å². The van der Waals surface area contributed by atoms with Crippen molar-refractivity contribution in [2.75, 3.05) is 19.4 Å². The Labute approximate surface area is 83.3 Å². The lowest BCUT2D eigenvalue weighted by Crippen LogP contribution is -2.33. The number of sulfonamides is 1. The first-order valence-corrected chi connectivity index (χ1v) is 5.75. The van der Waals surface area contributed by atoms with Gasteiger partial charge in [-0.3, -0.25) is 4.79 Å². The minimum Gasteiger partial charge on any atom is -0.469 e. The quantitative estimate of drug-likeness (QED) is 0.557. The number of hydrogen-bond acceptors (Lipinski definition) is 5. The minimum atomic E-state index is -3.49. The summed E-state index contributed by atoms with van der Waals surface area (Å²) in [5, 5.41) is 8.82. The molecule has 0 radical (unpaired) electrons. The van der Waals surface area contributed by atoms with Crippen LogP contribution in [0.15, 0.2) is 0 Å². The summed E-state index contributed by atoms with van der Waals surface area (Å²) in [4.78, 5) is 10.6. The van der Waals surface area contributed by atoms with E-state index < -0.39 is 22.1 Å². The fourth-order valence-electron chi connectivity index (χ4n) is 0.639. The molecule has 0 fully saturated rings. The Morgan fingerprint density at radius 3 is 2.57 bits per heavy atom. The van der Waals surface area contributed by atoms with E-state index in [-0.39, 0.29) is 18.7 Å². The molecule has 0 aromatic rings. The van der Waals surface area contributed by atoms with E-state index in [1.807, 2.05) is 0 Å². The number of nitrogens with one attached hydrogen (secondary N) is 1. The average Bonchev–Trinajstić information content (AvgIpc) is 2.11. The molecule has 0 bridgehead atoms. The smallest absolute Gasteiger partial charge is 0.306 e. The number of rotatable bonds is 6. The summed E-state index contributed by atoms with van der Waals surface area (Å²) in [6, 6.07) is 0. The molecular weight excluding hydrogens is 210 g/mol. The van der Waals surface area contributed by atoms with Crippen molar-refractivity contribution in [2.24, 2.45) is 0 Å². The predicted octanol–water partition coefficient (Wildman–Crippen LogP) is -1.15. The van der Waals surface area contributed by atoms with Gasteiger partial charge in [-0.15, -0.1) is 0 Å². The molecular formula is C7H15NO5S. The summed E-state index contributed by atoms with van der Waals surface area (Å²) in [6.07, 6.45) is -0.936. The van der Waals surface area contributed by atoms with Gasteiger partial charge in [-0.1, -0.05) is 0 Å². The molecule has 14 heavy (non-hydrogen) atoms. The second-order valence-corrected chi connectivity index (χ2v) is 4.77. The Kier molecular flexibility index (Phi) is 5.66. The predicted molar refractivity (Wildman–Crippen MR) is 50.1 cm³/mol. The van der Waals surface area contributed by atoms with E-state index in [4.69, 9.17) is 5.11 Å². The SMILES string of the molecule is COC(=O)CCS(=O)(=O)NC[C@@H](C)O. The molecule has 2 N–H and O–H groups in total. The van der Waals surface area contributed by atoms with Crippen molar-refractivity contribution in [3.63, 3.8) is 0 Å². The third kappa shape index (κ3) is 6.81. The molecule has 1 atom stereocenters. The van der Waals surface area contributed by atoms with Crippen LogP contribution in [-0.2, 0) is 19.6 Å². The summed E-state index contributed by atoms with van der Waals surface area (Å²) < 4.78 is 28.7. The molecule has 7 heteroatoms. The Hall–Kier alpha value is -0.660. The largest absolute Gasteiger partial charge is 0.469 e. The van der Waals surface area contributed by atoms with Crippen LogP contribution in [0.3, 0.4) is 0 Å². The van der Waals surface area contributed by atoms with Gasteiger partial charge in [0.05, 0.1) is 25.4 Å². The maximum Gasteiger partial charge on any atom is 0.306 e. The van der Waals surface area contributed by atoms with Gasteiger partial charge < -0.3 is 9.84 Å². The Bertz CT molecular complexity index is 272. The van der Waals surface area contributed by atoms with E-state index in [1.54, 1.807) is 0 Å². The highest BCUT2D eigenvalue weighted by Crippen LogP contribution is 1.92. The molecule has 0 spiro atoms. The van der Waals surface area contributed by atoms with E-state index in [0.717, 1.165) is 0 Å². The van der Waals surface area contributed by atoms with Gasteiger partial charge in [-0.2, -0.15) is 0 Å². The normalized spacial score (nSPS) is 13.6. The summed E-state index contributed by atoms with van der Waals surface area (Å²) in [6.45, 7) is 1.41. The van der Waals surface area contributed by atoms with Gasteiger partial charge >= 0.3 is 5.97 Å². The average molecular weight is 225 g/mol. The number of methoxy groups -OCH3 is 1. The minimum absolute atomic E-state index is 0.0521. The lowest BCUT2D eigenvalue weighted by Gasteiger charge is -2.07. The number of carbonyl (C=O) groups excluding carboxylic acids is 1. The number of aliphatic hydroxyl groups excluding tert-OH is 1. The monoisotopic (exact) mass is 225 g/mol. The van der Waals surface area contributed by atoms with E-state index in [0.29, 0.717) is 0 Å². The Morgan fingerprint density at radius 1 is 1.57 bits per heavy atom. The summed E-state index contributed by atoms with van der Waals surface area (Å²) in [5.41, 5.74) is 0. The van der Waals surface area contributed by atoms with Gasteiger partial charge in [0.25, 0.3) is 0 Å². The van der Waals surface area contributed by atoms with Crippen molar-refractivity contribution >= 4 is 16.0 Å². The van der Waals surface area contributed by atoms with Crippen LogP contribution in [-0.4, -0.2) is 45.0 Å². The molecule has 0 heterocycles.